The van der Waals surface area contributed by atoms with E-state index in [1.54, 1.807) is 0 Å². The van der Waals surface area contributed by atoms with E-state index in [0.29, 0.717) is 11.8 Å². The molecular weight excluding hydrogens is 867 g/mol. The third kappa shape index (κ3) is 17.2. The summed E-state index contributed by atoms with van der Waals surface area (Å²) in [4.78, 5) is 39.2. The molecule has 2 atom stereocenters. The van der Waals surface area contributed by atoms with E-state index in [4.69, 9.17) is 0 Å². The fourth-order valence-electron chi connectivity index (χ4n) is 9.81. The number of rotatable bonds is 38. The molecule has 0 fully saturated rings. The molecule has 0 aliphatic carbocycles. The Morgan fingerprint density at radius 3 is 0.917 bits per heavy atom. The Hall–Kier alpha value is -1.58. The van der Waals surface area contributed by atoms with E-state index in [9.17, 15) is 0 Å². The van der Waals surface area contributed by atoms with Gasteiger partial charge in [-0.2, -0.15) is 0 Å². The fraction of sp³-hybridized carbons (Fsp3) is 0.741. The number of unbranched alkanes of at least 4 members (excludes halogenated alkanes) is 24. The van der Waals surface area contributed by atoms with Gasteiger partial charge >= 0.3 is 330 Å². The van der Waals surface area contributed by atoms with Crippen molar-refractivity contribution < 1.29 is 9.59 Å². The third-order valence-corrected chi connectivity index (χ3v) is 17.1. The molecule has 0 spiro atoms. The zero-order valence-electron chi connectivity index (χ0n) is 39.2. The Bertz CT molecular complexity index is 1380. The molecule has 4 nitrogen and oxygen atoms in total. The predicted molar refractivity (Wildman–Crippen MR) is 261 cm³/mol. The summed E-state index contributed by atoms with van der Waals surface area (Å²) in [5.41, 5.74) is 3.43. The van der Waals surface area contributed by atoms with Crippen LogP contribution in [-0.4, -0.2) is 63.7 Å². The second-order valence-corrected chi connectivity index (χ2v) is 22.6. The van der Waals surface area contributed by atoms with Gasteiger partial charge in [0.25, 0.3) is 0 Å². The molecule has 2 aromatic rings. The zero-order valence-corrected chi connectivity index (χ0v) is 42.6. The number of carbonyl (C=O) groups is 2. The minimum atomic E-state index is 0.109. The first-order chi connectivity index (χ1) is 29.5. The van der Waals surface area contributed by atoms with E-state index in [1.807, 2.05) is 0 Å². The van der Waals surface area contributed by atoms with Crippen LogP contribution in [-0.2, 0) is 9.59 Å². The van der Waals surface area contributed by atoms with Gasteiger partial charge in [0.1, 0.15) is 0 Å². The predicted octanol–water partition coefficient (Wildman–Crippen LogP) is 15.4. The molecule has 4 heterocycles. The van der Waals surface area contributed by atoms with Crippen molar-refractivity contribution in [1.29, 1.82) is 0 Å². The summed E-state index contributed by atoms with van der Waals surface area (Å²) in [6.07, 6.45) is 41.6. The van der Waals surface area contributed by atoms with Crippen molar-refractivity contribution in [2.45, 2.75) is 233 Å². The molecule has 6 heteroatoms. The Morgan fingerprint density at radius 2 is 0.667 bits per heavy atom. The molecule has 2 aliphatic heterocycles. The van der Waals surface area contributed by atoms with E-state index in [0.717, 1.165) is 35.6 Å². The van der Waals surface area contributed by atoms with Crippen LogP contribution in [0.5, 0.6) is 0 Å². The van der Waals surface area contributed by atoms with Crippen molar-refractivity contribution in [3.05, 3.63) is 54.2 Å². The van der Waals surface area contributed by atoms with Crippen LogP contribution >= 0.6 is 0 Å². The molecule has 0 bridgehead atoms. The van der Waals surface area contributed by atoms with Crippen molar-refractivity contribution in [3.63, 3.8) is 0 Å². The quantitative estimate of drug-likeness (QED) is 0.0497. The molecule has 0 N–H and O–H groups in total. The number of amides is 2. The number of carbonyl (C=O) groups excluding carboxylic acids is 2. The van der Waals surface area contributed by atoms with Gasteiger partial charge in [-0.25, -0.2) is 0 Å². The fourth-order valence-corrected chi connectivity index (χ4v) is 13.1. The molecule has 0 saturated carbocycles. The van der Waals surface area contributed by atoms with Gasteiger partial charge in [-0.15, -0.1) is 0 Å². The summed E-state index contributed by atoms with van der Waals surface area (Å²) >= 11 is 0.261. The van der Waals surface area contributed by atoms with Crippen LogP contribution in [0.1, 0.15) is 242 Å². The van der Waals surface area contributed by atoms with Crippen LogP contribution in [0.2, 0.25) is 0 Å². The summed E-state index contributed by atoms with van der Waals surface area (Å²) < 4.78 is 2.43. The van der Waals surface area contributed by atoms with E-state index in [-0.39, 0.29) is 40.8 Å². The monoisotopic (exact) mass is 957 g/mol. The third-order valence-electron chi connectivity index (χ3n) is 13.4. The van der Waals surface area contributed by atoms with Gasteiger partial charge in [0.2, 0.25) is 0 Å². The maximum atomic E-state index is 15.2. The van der Waals surface area contributed by atoms with Gasteiger partial charge < -0.3 is 0 Å². The minimum absolute atomic E-state index is 0.109. The molecule has 2 aliphatic rings. The van der Waals surface area contributed by atoms with Crippen molar-refractivity contribution in [2.75, 3.05) is 13.1 Å². The van der Waals surface area contributed by atoms with E-state index in [2.05, 4.69) is 71.6 Å². The van der Waals surface area contributed by atoms with Crippen molar-refractivity contribution in [1.82, 2.24) is 9.80 Å². The van der Waals surface area contributed by atoms with Crippen molar-refractivity contribution >= 4 is 52.2 Å². The van der Waals surface area contributed by atoms with Gasteiger partial charge in [0.05, 0.1) is 0 Å². The molecule has 2 unspecified atom stereocenters. The Kier molecular flexibility index (Phi) is 26.6. The summed E-state index contributed by atoms with van der Waals surface area (Å²) in [6, 6.07) is 8.75. The number of hydrogen-bond acceptors (Lipinski definition) is 2. The Labute approximate surface area is 381 Å². The second kappa shape index (κ2) is 31.3. The summed E-state index contributed by atoms with van der Waals surface area (Å²) in [5, 5.41) is 0. The topological polar surface area (TPSA) is 40.6 Å². The molecule has 338 valence electrons. The molecule has 0 saturated heterocycles. The second-order valence-electron chi connectivity index (χ2n) is 18.6. The maximum absolute atomic E-state index is 15.2. The summed E-state index contributed by atoms with van der Waals surface area (Å²) in [7, 11) is 0. The molecule has 4 rings (SSSR count). The first kappa shape index (κ1) is 51.1. The van der Waals surface area contributed by atoms with Crippen LogP contribution in [0.4, 0.5) is 0 Å². The van der Waals surface area contributed by atoms with Gasteiger partial charge in [-0.05, 0) is 0 Å². The van der Waals surface area contributed by atoms with Crippen LogP contribution < -0.4 is 0 Å². The zero-order chi connectivity index (χ0) is 42.6. The molecular formula is C54H88N2O2Se2. The standard InChI is InChI=1S/C54H88N2O2Se2/c1-5-9-13-17-21-23-27-31-37-45(35-29-25-19-15-11-7-3)43-55-51(47-39-33-41-59-47)49-50(53(55)57)52(48-40-34-42-60-48)56(54(49)58)44-46(36-30-26-20-16-12-8-4)38-32-28-24-22-18-14-10-6-2/h33-34,39-42,45-46H,5-32,35-38,43-44H2,1-4H3. The van der Waals surface area contributed by atoms with Crippen LogP contribution in [0.3, 0.4) is 0 Å². The Morgan fingerprint density at radius 1 is 0.400 bits per heavy atom. The average molecular weight is 955 g/mol. The van der Waals surface area contributed by atoms with Crippen LogP contribution in [0.15, 0.2) is 45.3 Å². The summed E-state index contributed by atoms with van der Waals surface area (Å²) in [5.74, 6) is 1.16. The van der Waals surface area contributed by atoms with Gasteiger partial charge in [0.15, 0.2) is 0 Å². The van der Waals surface area contributed by atoms with Gasteiger partial charge in [0, 0.05) is 0 Å². The van der Waals surface area contributed by atoms with Crippen LogP contribution in [0, 0.1) is 11.8 Å². The normalized spacial score (nSPS) is 15.3. The van der Waals surface area contributed by atoms with Gasteiger partial charge in [-0.3, -0.25) is 0 Å². The first-order valence-electron chi connectivity index (χ1n) is 25.8. The van der Waals surface area contributed by atoms with Crippen molar-refractivity contribution in [3.8, 4) is 0 Å². The molecule has 2 amide bonds. The molecule has 0 radical (unpaired) electrons. The number of fused-ring (bicyclic) bond motifs is 1. The Balaban J connectivity index is 1.56. The van der Waals surface area contributed by atoms with Gasteiger partial charge in [-0.1, -0.05) is 53.4 Å². The van der Waals surface area contributed by atoms with E-state index >= 15 is 9.59 Å². The van der Waals surface area contributed by atoms with Crippen LogP contribution in [0.25, 0.3) is 11.4 Å². The van der Waals surface area contributed by atoms with Crippen molar-refractivity contribution in [2.24, 2.45) is 11.8 Å². The number of hydrogen-bond donors (Lipinski definition) is 0. The molecule has 0 aromatic carbocycles. The molecule has 2 aromatic heterocycles. The van der Waals surface area contributed by atoms with E-state index < -0.39 is 0 Å². The average Bonchev–Trinajstić information content (AvgIpc) is 4.08. The first-order valence-corrected chi connectivity index (χ1v) is 29.4. The number of nitrogens with zero attached hydrogens (tertiary/aromatic N) is 2. The van der Waals surface area contributed by atoms with E-state index in [1.165, 1.54) is 214 Å². The molecule has 60 heavy (non-hydrogen) atoms. The summed E-state index contributed by atoms with van der Waals surface area (Å²) in [6.45, 7) is 10.7. The SMILES string of the molecule is CCCCCCCCCCC(CCCCCCCC)CN1C(=O)C2=C(c3ccc[se]3)N(CC(CCCCCCCC)CCCCCCCCCC)C(=O)C2=C1c1ccc[se]1.